The van der Waals surface area contributed by atoms with E-state index in [1.165, 1.54) is 30.4 Å². The summed E-state index contributed by atoms with van der Waals surface area (Å²) < 4.78 is 12.4. The maximum absolute atomic E-state index is 13.4. The Labute approximate surface area is 309 Å². The molecule has 3 fully saturated rings. The minimum Gasteiger partial charge on any atom is -0.462 e. The summed E-state index contributed by atoms with van der Waals surface area (Å²) in [6, 6.07) is 21.7. The number of carbonyl (C=O) groups is 2. The van der Waals surface area contributed by atoms with Crippen molar-refractivity contribution in [2.24, 2.45) is 0 Å². The van der Waals surface area contributed by atoms with Crippen molar-refractivity contribution in [3.63, 3.8) is 0 Å². The van der Waals surface area contributed by atoms with Gasteiger partial charge in [0.2, 0.25) is 0 Å². The van der Waals surface area contributed by atoms with Crippen molar-refractivity contribution in [2.45, 2.75) is 180 Å². The number of piperidine rings is 2. The fraction of sp³-hybridized carbons (Fsp3) is 0.682. The summed E-state index contributed by atoms with van der Waals surface area (Å²) in [5.41, 5.74) is 2.16. The number of hydrogen-bond donors (Lipinski definition) is 0. The molecule has 5 rings (SSSR count). The SMILES string of the molecule is CC1(C)CC(OC(=O)CCN(CCC(=O)OC2CC(C)(C)N(Cc3ccccc3)C(C)(C)C2)C2CCCCC2)CC(C)(C)N1Cc1ccccc1. The van der Waals surface area contributed by atoms with E-state index in [0.717, 1.165) is 51.6 Å². The van der Waals surface area contributed by atoms with Gasteiger partial charge in [0, 0.05) is 80.1 Å². The van der Waals surface area contributed by atoms with Gasteiger partial charge in [0.15, 0.2) is 0 Å². The standard InChI is InChI=1S/C44H67N3O4/c1-41(2)28-37(29-42(3,4)46(41)32-34-18-12-9-13-19-34)50-39(48)24-26-45(36-22-16-11-17-23-36)27-25-40(49)51-38-30-43(5,6)47(44(7,8)31-38)33-35-20-14-10-15-21-35/h9-10,12-15,18-21,36-38H,11,16-17,22-33H2,1-8H3. The largest absolute Gasteiger partial charge is 0.462 e. The molecule has 1 aliphatic carbocycles. The number of benzene rings is 2. The van der Waals surface area contributed by atoms with E-state index in [1.807, 2.05) is 0 Å². The van der Waals surface area contributed by atoms with Crippen LogP contribution in [0.5, 0.6) is 0 Å². The Hall–Kier alpha value is -2.74. The van der Waals surface area contributed by atoms with Gasteiger partial charge in [-0.3, -0.25) is 24.3 Å². The molecule has 0 N–H and O–H groups in total. The molecule has 0 unspecified atom stereocenters. The summed E-state index contributed by atoms with van der Waals surface area (Å²) in [7, 11) is 0. The summed E-state index contributed by atoms with van der Waals surface area (Å²) >= 11 is 0. The lowest BCUT2D eigenvalue weighted by Gasteiger charge is -2.55. The van der Waals surface area contributed by atoms with Crippen LogP contribution in [0.25, 0.3) is 0 Å². The van der Waals surface area contributed by atoms with Gasteiger partial charge in [-0.15, -0.1) is 0 Å². The molecule has 2 heterocycles. The fourth-order valence-electron chi connectivity index (χ4n) is 9.89. The van der Waals surface area contributed by atoms with Gasteiger partial charge in [0.25, 0.3) is 0 Å². The second-order valence-electron chi connectivity index (χ2n) is 18.3. The van der Waals surface area contributed by atoms with Crippen molar-refractivity contribution in [3.05, 3.63) is 71.8 Å². The van der Waals surface area contributed by atoms with E-state index in [-0.39, 0.29) is 46.3 Å². The monoisotopic (exact) mass is 702 g/mol. The van der Waals surface area contributed by atoms with Crippen LogP contribution in [0.1, 0.15) is 137 Å². The molecule has 282 valence electrons. The molecule has 7 nitrogen and oxygen atoms in total. The molecule has 0 bridgehead atoms. The topological polar surface area (TPSA) is 62.3 Å². The van der Waals surface area contributed by atoms with Crippen molar-refractivity contribution < 1.29 is 19.1 Å². The molecule has 0 spiro atoms. The molecule has 51 heavy (non-hydrogen) atoms. The highest BCUT2D eigenvalue weighted by Gasteiger charge is 2.47. The van der Waals surface area contributed by atoms with E-state index in [4.69, 9.17) is 9.47 Å². The van der Waals surface area contributed by atoms with Crippen molar-refractivity contribution in [2.75, 3.05) is 13.1 Å². The van der Waals surface area contributed by atoms with Crippen LogP contribution in [0.15, 0.2) is 60.7 Å². The van der Waals surface area contributed by atoms with Crippen LogP contribution >= 0.6 is 0 Å². The highest BCUT2D eigenvalue weighted by atomic mass is 16.5. The van der Waals surface area contributed by atoms with Gasteiger partial charge in [-0.25, -0.2) is 0 Å². The Morgan fingerprint density at radius 3 is 1.29 bits per heavy atom. The average Bonchev–Trinajstić information content (AvgIpc) is 3.05. The third-order valence-electron chi connectivity index (χ3n) is 12.1. The summed E-state index contributed by atoms with van der Waals surface area (Å²) in [6.45, 7) is 21.2. The van der Waals surface area contributed by atoms with Crippen LogP contribution in [0, 0.1) is 0 Å². The van der Waals surface area contributed by atoms with Crippen molar-refractivity contribution in [1.82, 2.24) is 14.7 Å². The third-order valence-corrected chi connectivity index (χ3v) is 12.1. The molecule has 3 aliphatic rings. The van der Waals surface area contributed by atoms with Crippen molar-refractivity contribution in [1.29, 1.82) is 0 Å². The first kappa shape index (κ1) is 39.5. The Morgan fingerprint density at radius 1 is 0.588 bits per heavy atom. The Bertz CT molecular complexity index is 1280. The first-order chi connectivity index (χ1) is 24.0. The maximum Gasteiger partial charge on any atom is 0.307 e. The van der Waals surface area contributed by atoms with E-state index in [0.29, 0.717) is 32.0 Å². The van der Waals surface area contributed by atoms with Crippen LogP contribution in [0.3, 0.4) is 0 Å². The van der Waals surface area contributed by atoms with E-state index in [2.05, 4.69) is 131 Å². The lowest BCUT2D eigenvalue weighted by Crippen LogP contribution is -2.61. The normalized spacial score (nSPS) is 22.8. The smallest absolute Gasteiger partial charge is 0.307 e. The second kappa shape index (κ2) is 16.5. The van der Waals surface area contributed by atoms with Gasteiger partial charge in [-0.05, 0) is 79.4 Å². The van der Waals surface area contributed by atoms with Crippen LogP contribution < -0.4 is 0 Å². The van der Waals surface area contributed by atoms with Crippen LogP contribution in [0.4, 0.5) is 0 Å². The van der Waals surface area contributed by atoms with Gasteiger partial charge in [-0.1, -0.05) is 79.9 Å². The molecule has 1 saturated carbocycles. The van der Waals surface area contributed by atoms with Gasteiger partial charge in [0.1, 0.15) is 12.2 Å². The lowest BCUT2D eigenvalue weighted by atomic mass is 9.77. The highest BCUT2D eigenvalue weighted by Crippen LogP contribution is 2.42. The summed E-state index contributed by atoms with van der Waals surface area (Å²) in [4.78, 5) is 34.3. The molecule has 0 amide bonds. The zero-order valence-electron chi connectivity index (χ0n) is 33.1. The predicted octanol–water partition coefficient (Wildman–Crippen LogP) is 8.93. The van der Waals surface area contributed by atoms with Gasteiger partial charge in [-0.2, -0.15) is 0 Å². The average molecular weight is 702 g/mol. The molecular formula is C44H67N3O4. The molecule has 0 radical (unpaired) electrons. The quantitative estimate of drug-likeness (QED) is 0.193. The number of hydrogen-bond acceptors (Lipinski definition) is 7. The summed E-state index contributed by atoms with van der Waals surface area (Å²) in [6.07, 6.45) is 9.62. The third kappa shape index (κ3) is 10.7. The van der Waals surface area contributed by atoms with E-state index >= 15 is 0 Å². The number of nitrogens with zero attached hydrogens (tertiary/aromatic N) is 3. The van der Waals surface area contributed by atoms with Gasteiger partial charge >= 0.3 is 11.9 Å². The fourth-order valence-corrected chi connectivity index (χ4v) is 9.89. The van der Waals surface area contributed by atoms with E-state index in [1.54, 1.807) is 0 Å². The number of carbonyl (C=O) groups excluding carboxylic acids is 2. The number of ether oxygens (including phenoxy) is 2. The van der Waals surface area contributed by atoms with Crippen LogP contribution in [-0.2, 0) is 32.2 Å². The number of esters is 2. The molecule has 0 aromatic heterocycles. The minimum absolute atomic E-state index is 0.111. The van der Waals surface area contributed by atoms with Crippen molar-refractivity contribution in [3.8, 4) is 0 Å². The predicted molar refractivity (Wildman–Crippen MR) is 206 cm³/mol. The Kier molecular flexibility index (Phi) is 12.8. The number of likely N-dealkylation sites (tertiary alicyclic amines) is 2. The molecule has 7 heteroatoms. The molecule has 2 aromatic rings. The molecule has 2 saturated heterocycles. The van der Waals surface area contributed by atoms with Gasteiger partial charge < -0.3 is 9.47 Å². The van der Waals surface area contributed by atoms with E-state index < -0.39 is 0 Å². The Morgan fingerprint density at radius 2 is 0.941 bits per heavy atom. The Balaban J connectivity index is 1.13. The van der Waals surface area contributed by atoms with Crippen LogP contribution in [0.2, 0.25) is 0 Å². The van der Waals surface area contributed by atoms with Crippen molar-refractivity contribution >= 4 is 11.9 Å². The van der Waals surface area contributed by atoms with E-state index in [9.17, 15) is 9.59 Å². The molecule has 2 aromatic carbocycles. The first-order valence-electron chi connectivity index (χ1n) is 19.8. The summed E-state index contributed by atoms with van der Waals surface area (Å²) in [5, 5.41) is 0. The van der Waals surface area contributed by atoms with Crippen LogP contribution in [-0.4, -0.2) is 80.1 Å². The number of rotatable bonds is 13. The summed E-state index contributed by atoms with van der Waals surface area (Å²) in [5.74, 6) is -0.253. The zero-order valence-corrected chi connectivity index (χ0v) is 33.1. The van der Waals surface area contributed by atoms with Gasteiger partial charge in [0.05, 0.1) is 12.8 Å². The maximum atomic E-state index is 13.4. The second-order valence-corrected chi connectivity index (χ2v) is 18.3. The molecule has 0 atom stereocenters. The molecular weight excluding hydrogens is 635 g/mol. The first-order valence-corrected chi connectivity index (χ1v) is 19.8. The minimum atomic E-state index is -0.127. The zero-order chi connectivity index (χ0) is 36.9. The lowest BCUT2D eigenvalue weighted by molar-refractivity contribution is -0.161. The highest BCUT2D eigenvalue weighted by molar-refractivity contribution is 5.70. The molecule has 2 aliphatic heterocycles.